The molecule has 158 valence electrons. The monoisotopic (exact) mass is 411 g/mol. The van der Waals surface area contributed by atoms with E-state index >= 15 is 0 Å². The van der Waals surface area contributed by atoms with E-state index in [0.29, 0.717) is 41.9 Å². The van der Waals surface area contributed by atoms with Crippen LogP contribution in [0.15, 0.2) is 40.9 Å². The first-order chi connectivity index (χ1) is 14.5. The molecule has 0 bridgehead atoms. The van der Waals surface area contributed by atoms with E-state index in [1.807, 2.05) is 31.2 Å². The minimum atomic E-state index is -0.137. The molecule has 0 aliphatic carbocycles. The molecule has 0 unspecified atom stereocenters. The number of carbonyl (C=O) groups is 1. The highest BCUT2D eigenvalue weighted by Crippen LogP contribution is 2.34. The second kappa shape index (κ2) is 9.78. The molecule has 0 atom stereocenters. The quantitative estimate of drug-likeness (QED) is 0.577. The third kappa shape index (κ3) is 5.08. The van der Waals surface area contributed by atoms with Gasteiger partial charge in [0.1, 0.15) is 5.75 Å². The standard InChI is InChI=1S/C22H25N3O5/c1-14-5-7-15(8-6-14)22-24-21(30-25-22)10-9-20(26)23-13-16-11-18(28-3)19(29-4)12-17(16)27-2/h5-8,11-12H,9-10,13H2,1-4H3,(H,23,26). The highest BCUT2D eigenvalue weighted by Gasteiger charge is 2.14. The van der Waals surface area contributed by atoms with Crippen LogP contribution in [-0.4, -0.2) is 37.4 Å². The molecule has 2 aromatic carbocycles. The van der Waals surface area contributed by atoms with Crippen LogP contribution in [0.1, 0.15) is 23.4 Å². The van der Waals surface area contributed by atoms with Gasteiger partial charge in [0, 0.05) is 36.6 Å². The summed E-state index contributed by atoms with van der Waals surface area (Å²) in [6.45, 7) is 2.31. The summed E-state index contributed by atoms with van der Waals surface area (Å²) < 4.78 is 21.2. The van der Waals surface area contributed by atoms with Crippen molar-refractivity contribution >= 4 is 5.91 Å². The molecule has 1 N–H and O–H groups in total. The van der Waals surface area contributed by atoms with Crippen LogP contribution in [0.5, 0.6) is 17.2 Å². The SMILES string of the molecule is COc1cc(OC)c(OC)cc1CNC(=O)CCc1nc(-c2ccc(C)cc2)no1. The van der Waals surface area contributed by atoms with Crippen molar-refractivity contribution in [3.63, 3.8) is 0 Å². The Kier molecular flexibility index (Phi) is 6.90. The highest BCUT2D eigenvalue weighted by atomic mass is 16.5. The number of carbonyl (C=O) groups excluding carboxylic acids is 1. The zero-order valence-electron chi connectivity index (χ0n) is 17.5. The summed E-state index contributed by atoms with van der Waals surface area (Å²) >= 11 is 0. The fraction of sp³-hybridized carbons (Fsp3) is 0.318. The van der Waals surface area contributed by atoms with Gasteiger partial charge in [0.2, 0.25) is 17.6 Å². The lowest BCUT2D eigenvalue weighted by molar-refractivity contribution is -0.121. The largest absolute Gasteiger partial charge is 0.496 e. The number of nitrogens with one attached hydrogen (secondary N) is 1. The number of ether oxygens (including phenoxy) is 3. The van der Waals surface area contributed by atoms with Gasteiger partial charge in [-0.05, 0) is 13.0 Å². The number of aromatic nitrogens is 2. The number of nitrogens with zero attached hydrogens (tertiary/aromatic N) is 2. The van der Waals surface area contributed by atoms with Crippen LogP contribution in [0.4, 0.5) is 0 Å². The van der Waals surface area contributed by atoms with E-state index in [-0.39, 0.29) is 12.3 Å². The van der Waals surface area contributed by atoms with Crippen LogP contribution in [0.25, 0.3) is 11.4 Å². The minimum Gasteiger partial charge on any atom is -0.496 e. The van der Waals surface area contributed by atoms with Gasteiger partial charge in [-0.3, -0.25) is 4.79 Å². The van der Waals surface area contributed by atoms with E-state index in [9.17, 15) is 4.79 Å². The average Bonchev–Trinajstić information content (AvgIpc) is 3.25. The number of aryl methyl sites for hydroxylation is 2. The normalized spacial score (nSPS) is 10.5. The van der Waals surface area contributed by atoms with Crippen molar-refractivity contribution in [2.45, 2.75) is 26.3 Å². The first-order valence-electron chi connectivity index (χ1n) is 9.49. The minimum absolute atomic E-state index is 0.137. The number of benzene rings is 2. The summed E-state index contributed by atoms with van der Waals surface area (Å²) in [6, 6.07) is 11.4. The van der Waals surface area contributed by atoms with Gasteiger partial charge in [-0.2, -0.15) is 4.98 Å². The molecule has 0 radical (unpaired) electrons. The second-order valence-electron chi connectivity index (χ2n) is 6.67. The van der Waals surface area contributed by atoms with Crippen molar-refractivity contribution in [3.05, 3.63) is 53.4 Å². The van der Waals surface area contributed by atoms with Crippen molar-refractivity contribution in [3.8, 4) is 28.6 Å². The Hall–Kier alpha value is -3.55. The Labute approximate surface area is 175 Å². The first-order valence-corrected chi connectivity index (χ1v) is 9.49. The number of amides is 1. The van der Waals surface area contributed by atoms with Gasteiger partial charge in [-0.15, -0.1) is 0 Å². The predicted molar refractivity (Wildman–Crippen MR) is 111 cm³/mol. The van der Waals surface area contributed by atoms with Crippen molar-refractivity contribution in [1.82, 2.24) is 15.5 Å². The third-order valence-electron chi connectivity index (χ3n) is 4.61. The van der Waals surface area contributed by atoms with Crippen LogP contribution >= 0.6 is 0 Å². The lowest BCUT2D eigenvalue weighted by Crippen LogP contribution is -2.23. The van der Waals surface area contributed by atoms with Crippen LogP contribution in [-0.2, 0) is 17.8 Å². The molecule has 1 heterocycles. The van der Waals surface area contributed by atoms with Crippen LogP contribution in [0, 0.1) is 6.92 Å². The summed E-state index contributed by atoms with van der Waals surface area (Å²) in [5.74, 6) is 2.53. The average molecular weight is 411 g/mol. The molecule has 3 aromatic rings. The van der Waals surface area contributed by atoms with E-state index in [1.165, 1.54) is 0 Å². The van der Waals surface area contributed by atoms with E-state index in [2.05, 4.69) is 15.5 Å². The summed E-state index contributed by atoms with van der Waals surface area (Å²) in [5, 5.41) is 6.86. The number of rotatable bonds is 9. The molecule has 0 aliphatic rings. The van der Waals surface area contributed by atoms with Gasteiger partial charge in [0.05, 0.1) is 21.3 Å². The summed E-state index contributed by atoms with van der Waals surface area (Å²) in [5.41, 5.74) is 2.81. The molecule has 0 saturated heterocycles. The molecule has 8 nitrogen and oxygen atoms in total. The van der Waals surface area contributed by atoms with Crippen LogP contribution in [0.2, 0.25) is 0 Å². The van der Waals surface area contributed by atoms with Crippen molar-refractivity contribution in [2.75, 3.05) is 21.3 Å². The summed E-state index contributed by atoms with van der Waals surface area (Å²) in [4.78, 5) is 16.6. The molecule has 8 heteroatoms. The highest BCUT2D eigenvalue weighted by molar-refractivity contribution is 5.76. The maximum absolute atomic E-state index is 12.3. The Morgan fingerprint density at radius 2 is 1.67 bits per heavy atom. The van der Waals surface area contributed by atoms with Gasteiger partial charge in [0.15, 0.2) is 11.5 Å². The van der Waals surface area contributed by atoms with Gasteiger partial charge in [0.25, 0.3) is 0 Å². The lowest BCUT2D eigenvalue weighted by Gasteiger charge is -2.14. The Bertz CT molecular complexity index is 999. The molecule has 1 aromatic heterocycles. The van der Waals surface area contributed by atoms with Gasteiger partial charge in [-0.25, -0.2) is 0 Å². The predicted octanol–water partition coefficient (Wildman–Crippen LogP) is 3.32. The molecule has 0 aliphatic heterocycles. The topological polar surface area (TPSA) is 95.7 Å². The molecular weight excluding hydrogens is 386 g/mol. The number of methoxy groups -OCH3 is 3. The summed E-state index contributed by atoms with van der Waals surface area (Å²) in [7, 11) is 4.68. The van der Waals surface area contributed by atoms with E-state index < -0.39 is 0 Å². The van der Waals surface area contributed by atoms with Crippen molar-refractivity contribution in [1.29, 1.82) is 0 Å². The smallest absolute Gasteiger partial charge is 0.227 e. The molecule has 1 amide bonds. The Morgan fingerprint density at radius 1 is 1.00 bits per heavy atom. The fourth-order valence-corrected chi connectivity index (χ4v) is 2.91. The lowest BCUT2D eigenvalue weighted by atomic mass is 10.1. The summed E-state index contributed by atoms with van der Waals surface area (Å²) in [6.07, 6.45) is 0.582. The van der Waals surface area contributed by atoms with Gasteiger partial charge >= 0.3 is 0 Å². The Balaban J connectivity index is 1.56. The van der Waals surface area contributed by atoms with Crippen molar-refractivity contribution in [2.24, 2.45) is 0 Å². The molecule has 0 spiro atoms. The number of hydrogen-bond acceptors (Lipinski definition) is 7. The van der Waals surface area contributed by atoms with E-state index in [0.717, 1.165) is 16.7 Å². The molecule has 30 heavy (non-hydrogen) atoms. The zero-order valence-corrected chi connectivity index (χ0v) is 17.5. The first kappa shape index (κ1) is 21.2. The molecular formula is C22H25N3O5. The number of hydrogen-bond donors (Lipinski definition) is 1. The zero-order chi connectivity index (χ0) is 21.5. The van der Waals surface area contributed by atoms with Gasteiger partial charge in [-0.1, -0.05) is 35.0 Å². The maximum Gasteiger partial charge on any atom is 0.227 e. The van der Waals surface area contributed by atoms with E-state index in [1.54, 1.807) is 33.5 Å². The van der Waals surface area contributed by atoms with Gasteiger partial charge < -0.3 is 24.1 Å². The van der Waals surface area contributed by atoms with E-state index in [4.69, 9.17) is 18.7 Å². The molecule has 0 saturated carbocycles. The molecule has 3 rings (SSSR count). The maximum atomic E-state index is 12.3. The Morgan fingerprint density at radius 3 is 2.33 bits per heavy atom. The van der Waals surface area contributed by atoms with Crippen LogP contribution < -0.4 is 19.5 Å². The molecule has 0 fully saturated rings. The van der Waals surface area contributed by atoms with Crippen LogP contribution in [0.3, 0.4) is 0 Å². The fourth-order valence-electron chi connectivity index (χ4n) is 2.91. The van der Waals surface area contributed by atoms with Crippen molar-refractivity contribution < 1.29 is 23.5 Å². The third-order valence-corrected chi connectivity index (χ3v) is 4.61. The second-order valence-corrected chi connectivity index (χ2v) is 6.67.